The summed E-state index contributed by atoms with van der Waals surface area (Å²) >= 11 is 0. The predicted octanol–water partition coefficient (Wildman–Crippen LogP) is 4.00. The molecule has 0 bridgehead atoms. The normalized spacial score (nSPS) is 15.0. The van der Waals surface area contributed by atoms with Crippen LogP contribution in [-0.2, 0) is 14.3 Å². The van der Waals surface area contributed by atoms with E-state index >= 15 is 0 Å². The lowest BCUT2D eigenvalue weighted by Crippen LogP contribution is -2.43. The molecule has 0 aromatic heterocycles. The van der Waals surface area contributed by atoms with Gasteiger partial charge in [0.1, 0.15) is 5.60 Å². The summed E-state index contributed by atoms with van der Waals surface area (Å²) in [5.74, 6) is -0.353. The number of ether oxygens (including phenoxy) is 2. The number of unbranched alkanes of at least 4 members (excludes halogenated alkanes) is 4. The number of nitrogens with one attached hydrogen (secondary N) is 1. The molecule has 0 aliphatic carbocycles. The molecule has 1 aliphatic heterocycles. The van der Waals surface area contributed by atoms with Crippen molar-refractivity contribution < 1.29 is 19.1 Å². The molecule has 1 amide bonds. The molecule has 0 atom stereocenters. The molecule has 0 saturated carbocycles. The molecular formula is C20H36N2O4. The van der Waals surface area contributed by atoms with Crippen LogP contribution in [0.15, 0.2) is 11.3 Å². The SMILES string of the molecule is CCCCCCCNC1=C(C(=O)OCC)CN(C(=O)OC(C)(C)C)CC1. The van der Waals surface area contributed by atoms with Gasteiger partial charge in [0.05, 0.1) is 18.7 Å². The number of hydrogen-bond donors (Lipinski definition) is 1. The van der Waals surface area contributed by atoms with E-state index in [4.69, 9.17) is 9.47 Å². The predicted molar refractivity (Wildman–Crippen MR) is 103 cm³/mol. The highest BCUT2D eigenvalue weighted by Gasteiger charge is 2.30. The van der Waals surface area contributed by atoms with Gasteiger partial charge in [0.25, 0.3) is 0 Å². The first kappa shape index (κ1) is 22.3. The van der Waals surface area contributed by atoms with Crippen LogP contribution in [0.5, 0.6) is 0 Å². The molecule has 1 heterocycles. The lowest BCUT2D eigenvalue weighted by atomic mass is 10.1. The van der Waals surface area contributed by atoms with Crippen LogP contribution in [0.4, 0.5) is 4.79 Å². The van der Waals surface area contributed by atoms with E-state index in [-0.39, 0.29) is 12.5 Å². The summed E-state index contributed by atoms with van der Waals surface area (Å²) in [6, 6.07) is 0. The maximum Gasteiger partial charge on any atom is 0.410 e. The van der Waals surface area contributed by atoms with Gasteiger partial charge >= 0.3 is 12.1 Å². The average molecular weight is 369 g/mol. The third kappa shape index (κ3) is 8.11. The third-order valence-electron chi connectivity index (χ3n) is 4.14. The Kier molecular flexibility index (Phi) is 9.52. The van der Waals surface area contributed by atoms with Crippen molar-refractivity contribution in [3.05, 3.63) is 11.3 Å². The van der Waals surface area contributed by atoms with Gasteiger partial charge in [-0.15, -0.1) is 0 Å². The Morgan fingerprint density at radius 3 is 2.42 bits per heavy atom. The van der Waals surface area contributed by atoms with Gasteiger partial charge in [-0.3, -0.25) is 0 Å². The lowest BCUT2D eigenvalue weighted by Gasteiger charge is -2.32. The Hall–Kier alpha value is -1.72. The molecular weight excluding hydrogens is 332 g/mol. The van der Waals surface area contributed by atoms with Crippen molar-refractivity contribution in [3.8, 4) is 0 Å². The van der Waals surface area contributed by atoms with Crippen molar-refractivity contribution in [1.29, 1.82) is 0 Å². The average Bonchev–Trinajstić information content (AvgIpc) is 2.56. The molecule has 26 heavy (non-hydrogen) atoms. The maximum absolute atomic E-state index is 12.3. The molecule has 1 rings (SSSR count). The summed E-state index contributed by atoms with van der Waals surface area (Å²) < 4.78 is 10.6. The lowest BCUT2D eigenvalue weighted by molar-refractivity contribution is -0.139. The van der Waals surface area contributed by atoms with E-state index in [1.165, 1.54) is 25.7 Å². The van der Waals surface area contributed by atoms with E-state index in [0.717, 1.165) is 18.7 Å². The molecule has 1 aliphatic rings. The quantitative estimate of drug-likeness (QED) is 0.492. The second kappa shape index (κ2) is 11.1. The number of amides is 1. The summed E-state index contributed by atoms with van der Waals surface area (Å²) in [4.78, 5) is 26.2. The molecule has 1 N–H and O–H groups in total. The van der Waals surface area contributed by atoms with Crippen LogP contribution >= 0.6 is 0 Å². The number of esters is 1. The van der Waals surface area contributed by atoms with Gasteiger partial charge in [0, 0.05) is 25.2 Å². The van der Waals surface area contributed by atoms with Crippen LogP contribution in [0.1, 0.15) is 73.1 Å². The second-order valence-electron chi connectivity index (χ2n) is 7.67. The molecule has 0 radical (unpaired) electrons. The minimum atomic E-state index is -0.554. The Balaban J connectivity index is 2.69. The van der Waals surface area contributed by atoms with Crippen LogP contribution in [-0.4, -0.2) is 48.8 Å². The Morgan fingerprint density at radius 1 is 1.12 bits per heavy atom. The largest absolute Gasteiger partial charge is 0.463 e. The fourth-order valence-corrected chi connectivity index (χ4v) is 2.81. The Labute approximate surface area is 158 Å². The highest BCUT2D eigenvalue weighted by molar-refractivity contribution is 5.90. The molecule has 6 nitrogen and oxygen atoms in total. The third-order valence-corrected chi connectivity index (χ3v) is 4.14. The fraction of sp³-hybridized carbons (Fsp3) is 0.800. The molecule has 6 heteroatoms. The Morgan fingerprint density at radius 2 is 1.81 bits per heavy atom. The van der Waals surface area contributed by atoms with Gasteiger partial charge in [-0.1, -0.05) is 32.6 Å². The van der Waals surface area contributed by atoms with E-state index in [1.807, 2.05) is 20.8 Å². The topological polar surface area (TPSA) is 67.9 Å². The van der Waals surface area contributed by atoms with Crippen molar-refractivity contribution in [2.24, 2.45) is 0 Å². The molecule has 0 unspecified atom stereocenters. The first-order chi connectivity index (χ1) is 12.3. The molecule has 0 aromatic rings. The van der Waals surface area contributed by atoms with Crippen molar-refractivity contribution in [2.75, 3.05) is 26.2 Å². The summed E-state index contributed by atoms with van der Waals surface area (Å²) in [6.07, 6.45) is 6.23. The van der Waals surface area contributed by atoms with Gasteiger partial charge in [-0.2, -0.15) is 0 Å². The maximum atomic E-state index is 12.3. The van der Waals surface area contributed by atoms with Gasteiger partial charge < -0.3 is 19.7 Å². The van der Waals surface area contributed by atoms with Crippen LogP contribution in [0.25, 0.3) is 0 Å². The molecule has 150 valence electrons. The zero-order valence-electron chi connectivity index (χ0n) is 17.2. The van der Waals surface area contributed by atoms with E-state index in [2.05, 4.69) is 12.2 Å². The highest BCUT2D eigenvalue weighted by Crippen LogP contribution is 2.20. The number of carbonyl (C=O) groups is 2. The summed E-state index contributed by atoms with van der Waals surface area (Å²) in [5, 5.41) is 3.40. The van der Waals surface area contributed by atoms with Crippen molar-refractivity contribution in [3.63, 3.8) is 0 Å². The van der Waals surface area contributed by atoms with Crippen LogP contribution < -0.4 is 5.32 Å². The van der Waals surface area contributed by atoms with Crippen LogP contribution in [0, 0.1) is 0 Å². The first-order valence-corrected chi connectivity index (χ1v) is 9.89. The number of nitrogens with zero attached hydrogens (tertiary/aromatic N) is 1. The van der Waals surface area contributed by atoms with Gasteiger partial charge in [-0.25, -0.2) is 9.59 Å². The van der Waals surface area contributed by atoms with Crippen molar-refractivity contribution in [2.45, 2.75) is 78.7 Å². The zero-order chi connectivity index (χ0) is 19.6. The van der Waals surface area contributed by atoms with E-state index in [1.54, 1.807) is 11.8 Å². The van der Waals surface area contributed by atoms with Crippen molar-refractivity contribution in [1.82, 2.24) is 10.2 Å². The minimum Gasteiger partial charge on any atom is -0.463 e. The standard InChI is InChI=1S/C20H36N2O4/c1-6-8-9-10-11-13-21-17-12-14-22(19(24)26-20(3,4)5)15-16(17)18(23)25-7-2/h21H,6-15H2,1-5H3. The van der Waals surface area contributed by atoms with Crippen LogP contribution in [0.2, 0.25) is 0 Å². The fourth-order valence-electron chi connectivity index (χ4n) is 2.81. The summed E-state index contributed by atoms with van der Waals surface area (Å²) in [7, 11) is 0. The minimum absolute atomic E-state index is 0.228. The van der Waals surface area contributed by atoms with E-state index in [0.29, 0.717) is 25.1 Å². The highest BCUT2D eigenvalue weighted by atomic mass is 16.6. The monoisotopic (exact) mass is 368 g/mol. The van der Waals surface area contributed by atoms with Gasteiger partial charge in [0.15, 0.2) is 0 Å². The van der Waals surface area contributed by atoms with E-state index in [9.17, 15) is 9.59 Å². The number of carbonyl (C=O) groups excluding carboxylic acids is 2. The summed E-state index contributed by atoms with van der Waals surface area (Å²) in [6.45, 7) is 11.4. The van der Waals surface area contributed by atoms with E-state index < -0.39 is 11.7 Å². The zero-order valence-corrected chi connectivity index (χ0v) is 17.2. The first-order valence-electron chi connectivity index (χ1n) is 9.89. The number of hydrogen-bond acceptors (Lipinski definition) is 5. The molecule has 0 fully saturated rings. The smallest absolute Gasteiger partial charge is 0.410 e. The van der Waals surface area contributed by atoms with Gasteiger partial charge in [0.2, 0.25) is 0 Å². The van der Waals surface area contributed by atoms with Crippen molar-refractivity contribution >= 4 is 12.1 Å². The second-order valence-corrected chi connectivity index (χ2v) is 7.67. The molecule has 0 spiro atoms. The molecule has 0 aromatic carbocycles. The van der Waals surface area contributed by atoms with Gasteiger partial charge in [-0.05, 0) is 34.1 Å². The summed E-state index contributed by atoms with van der Waals surface area (Å²) in [5.41, 5.74) is 0.887. The number of rotatable bonds is 9. The Bertz CT molecular complexity index is 495. The van der Waals surface area contributed by atoms with Crippen LogP contribution in [0.3, 0.4) is 0 Å². The molecule has 0 saturated heterocycles.